The lowest BCUT2D eigenvalue weighted by Crippen LogP contribution is -2.39. The summed E-state index contributed by atoms with van der Waals surface area (Å²) in [5, 5.41) is 29.6. The van der Waals surface area contributed by atoms with Crippen LogP contribution in [0.25, 0.3) is 16.7 Å². The number of rotatable bonds is 6. The summed E-state index contributed by atoms with van der Waals surface area (Å²) in [6, 6.07) is 7.85. The Balaban J connectivity index is 2.07. The van der Waals surface area contributed by atoms with Crippen molar-refractivity contribution in [3.8, 4) is 17.2 Å². The Hall–Kier alpha value is -3.34. The molecule has 2 aromatic rings. The molecule has 0 fully saturated rings. The van der Waals surface area contributed by atoms with Gasteiger partial charge >= 0.3 is 0 Å². The third-order valence-electron chi connectivity index (χ3n) is 4.60. The van der Waals surface area contributed by atoms with E-state index < -0.39 is 11.4 Å². The summed E-state index contributed by atoms with van der Waals surface area (Å²) in [4.78, 5) is 12.6. The number of nitrogens with zero attached hydrogens (tertiary/aromatic N) is 1. The summed E-state index contributed by atoms with van der Waals surface area (Å²) in [6.45, 7) is 3.60. The highest BCUT2D eigenvalue weighted by molar-refractivity contribution is 7.15. The van der Waals surface area contributed by atoms with Crippen molar-refractivity contribution in [3.63, 3.8) is 0 Å². The van der Waals surface area contributed by atoms with E-state index in [9.17, 15) is 14.3 Å². The lowest BCUT2D eigenvalue weighted by atomic mass is 9.95. The number of benzene rings is 1. The summed E-state index contributed by atoms with van der Waals surface area (Å²) in [7, 11) is 0. The lowest BCUT2D eigenvalue weighted by Gasteiger charge is -2.23. The van der Waals surface area contributed by atoms with Crippen molar-refractivity contribution >= 4 is 28.9 Å². The molecule has 30 heavy (non-hydrogen) atoms. The maximum Gasteiger partial charge on any atom is 0.160 e. The van der Waals surface area contributed by atoms with Crippen LogP contribution in [-0.4, -0.2) is 29.3 Å². The molecular weight excluding hydrogens is 401 g/mol. The summed E-state index contributed by atoms with van der Waals surface area (Å²) < 4.78 is 14.2. The van der Waals surface area contributed by atoms with Crippen LogP contribution in [0, 0.1) is 22.6 Å². The van der Waals surface area contributed by atoms with Crippen molar-refractivity contribution in [2.45, 2.75) is 19.4 Å². The first-order chi connectivity index (χ1) is 14.3. The van der Waals surface area contributed by atoms with Gasteiger partial charge < -0.3 is 15.8 Å². The number of hydrogen-bond acceptors (Lipinski definition) is 6. The van der Waals surface area contributed by atoms with Gasteiger partial charge in [0, 0.05) is 22.2 Å². The third-order valence-corrected chi connectivity index (χ3v) is 5.70. The van der Waals surface area contributed by atoms with E-state index in [0.717, 1.165) is 16.7 Å². The summed E-state index contributed by atoms with van der Waals surface area (Å²) in [5.41, 5.74) is 2.35. The van der Waals surface area contributed by atoms with Crippen LogP contribution in [0.5, 0.6) is 0 Å². The van der Waals surface area contributed by atoms with Crippen LogP contribution in [0.3, 0.4) is 0 Å². The van der Waals surface area contributed by atoms with Crippen LogP contribution in [-0.2, 0) is 0 Å². The molecule has 3 rings (SSSR count). The number of carbonyl (C=O) groups excluding carboxylic acids is 1. The molecule has 0 amide bonds. The van der Waals surface area contributed by atoms with Crippen LogP contribution >= 0.6 is 11.3 Å². The topological polar surface area (TPSA) is 97.0 Å². The van der Waals surface area contributed by atoms with E-state index in [1.165, 1.54) is 23.5 Å². The maximum atomic E-state index is 14.2. The van der Waals surface area contributed by atoms with Gasteiger partial charge in [0.05, 0.1) is 28.3 Å². The van der Waals surface area contributed by atoms with Crippen LogP contribution in [0.4, 0.5) is 4.39 Å². The Kier molecular flexibility index (Phi) is 6.11. The largest absolute Gasteiger partial charge is 0.394 e. The second-order valence-electron chi connectivity index (χ2n) is 7.45. The van der Waals surface area contributed by atoms with Crippen molar-refractivity contribution < 1.29 is 14.3 Å². The summed E-state index contributed by atoms with van der Waals surface area (Å²) >= 11 is 1.27. The molecule has 0 saturated heterocycles. The molecule has 1 aromatic carbocycles. The van der Waals surface area contributed by atoms with Gasteiger partial charge in [-0.25, -0.2) is 4.39 Å². The fourth-order valence-electron chi connectivity index (χ4n) is 2.81. The van der Waals surface area contributed by atoms with Crippen molar-refractivity contribution in [1.29, 1.82) is 10.7 Å². The number of nitriles is 1. The van der Waals surface area contributed by atoms with Gasteiger partial charge in [0.25, 0.3) is 0 Å². The zero-order valence-corrected chi connectivity index (χ0v) is 17.3. The standard InChI is InChI=1S/C23H20FN3O2S/c1-23(2,13-29)27-11-17-7-15(5-6-21(17)26)22-19(9-18(12-28)30-22)14-3-4-16(10-25)20(24)8-14/h3-9,11-12,26-27,29H,13H2,1-2H3/b17-11-,26-21?. The highest BCUT2D eigenvalue weighted by Gasteiger charge is 2.19. The first-order valence-corrected chi connectivity index (χ1v) is 9.96. The number of aliphatic hydroxyl groups is 1. The summed E-state index contributed by atoms with van der Waals surface area (Å²) in [6.07, 6.45) is 7.66. The van der Waals surface area contributed by atoms with E-state index in [0.29, 0.717) is 27.3 Å². The Labute approximate surface area is 178 Å². The zero-order valence-electron chi connectivity index (χ0n) is 16.5. The molecule has 0 radical (unpaired) electrons. The number of allylic oxidation sites excluding steroid dienone is 5. The van der Waals surface area contributed by atoms with E-state index in [4.69, 9.17) is 10.7 Å². The van der Waals surface area contributed by atoms with Gasteiger partial charge in [0.15, 0.2) is 6.29 Å². The molecule has 5 nitrogen and oxygen atoms in total. The maximum absolute atomic E-state index is 14.2. The minimum atomic E-state index is -0.620. The molecule has 0 unspecified atom stereocenters. The quantitative estimate of drug-likeness (QED) is 0.600. The first-order valence-electron chi connectivity index (χ1n) is 9.15. The van der Waals surface area contributed by atoms with Crippen molar-refractivity contribution in [1.82, 2.24) is 5.32 Å². The minimum Gasteiger partial charge on any atom is -0.394 e. The predicted molar refractivity (Wildman–Crippen MR) is 117 cm³/mol. The van der Waals surface area contributed by atoms with Gasteiger partial charge in [0.1, 0.15) is 11.9 Å². The number of thiophene rings is 1. The molecule has 0 atom stereocenters. The fourth-order valence-corrected chi connectivity index (χ4v) is 3.80. The third kappa shape index (κ3) is 4.46. The number of hydrogen-bond donors (Lipinski definition) is 3. The molecule has 3 N–H and O–H groups in total. The Morgan fingerprint density at radius 1 is 1.33 bits per heavy atom. The molecule has 7 heteroatoms. The SMILES string of the molecule is CC(C)(CO)N/C=C1/C=C(c2sc(C=O)cc2-c2ccc(C#N)c(F)c2)C=CC1=N. The summed E-state index contributed by atoms with van der Waals surface area (Å²) in [5.74, 6) is -0.620. The Morgan fingerprint density at radius 3 is 2.73 bits per heavy atom. The second kappa shape index (κ2) is 8.57. The van der Waals surface area contributed by atoms with Gasteiger partial charge in [0.2, 0.25) is 0 Å². The van der Waals surface area contributed by atoms with Crippen molar-refractivity contribution in [2.75, 3.05) is 6.61 Å². The van der Waals surface area contributed by atoms with Crippen LogP contribution in [0.15, 0.2) is 54.3 Å². The van der Waals surface area contributed by atoms with E-state index >= 15 is 0 Å². The van der Waals surface area contributed by atoms with Crippen molar-refractivity contribution in [3.05, 3.63) is 75.4 Å². The average molecular weight is 421 g/mol. The van der Waals surface area contributed by atoms with E-state index in [1.807, 2.05) is 19.9 Å². The van der Waals surface area contributed by atoms with Crippen LogP contribution < -0.4 is 5.32 Å². The molecule has 1 aliphatic rings. The highest BCUT2D eigenvalue weighted by Crippen LogP contribution is 2.38. The molecule has 0 bridgehead atoms. The van der Waals surface area contributed by atoms with Gasteiger partial charge in [-0.1, -0.05) is 12.1 Å². The molecule has 1 aromatic heterocycles. The van der Waals surface area contributed by atoms with Gasteiger partial charge in [-0.15, -0.1) is 11.3 Å². The number of nitrogens with one attached hydrogen (secondary N) is 2. The molecule has 0 aliphatic heterocycles. The van der Waals surface area contributed by atoms with Crippen LogP contribution in [0.2, 0.25) is 0 Å². The van der Waals surface area contributed by atoms with Gasteiger partial charge in [-0.2, -0.15) is 5.26 Å². The van der Waals surface area contributed by atoms with Gasteiger partial charge in [-0.3, -0.25) is 4.79 Å². The molecule has 1 heterocycles. The highest BCUT2D eigenvalue weighted by atomic mass is 32.1. The average Bonchev–Trinajstić information content (AvgIpc) is 3.17. The predicted octanol–water partition coefficient (Wildman–Crippen LogP) is 4.46. The van der Waals surface area contributed by atoms with E-state index in [1.54, 1.807) is 36.6 Å². The zero-order chi connectivity index (χ0) is 21.9. The lowest BCUT2D eigenvalue weighted by molar-refractivity contribution is 0.112. The number of halogens is 1. The molecule has 0 spiro atoms. The van der Waals surface area contributed by atoms with Crippen LogP contribution in [0.1, 0.15) is 34.0 Å². The Bertz CT molecular complexity index is 1150. The molecular formula is C23H20FN3O2S. The monoisotopic (exact) mass is 421 g/mol. The normalized spacial score (nSPS) is 15.1. The molecule has 152 valence electrons. The number of aliphatic hydroxyl groups excluding tert-OH is 1. The molecule has 1 aliphatic carbocycles. The van der Waals surface area contributed by atoms with Crippen molar-refractivity contribution in [2.24, 2.45) is 0 Å². The Morgan fingerprint density at radius 2 is 2.10 bits per heavy atom. The second-order valence-corrected chi connectivity index (χ2v) is 8.53. The van der Waals surface area contributed by atoms with E-state index in [2.05, 4.69) is 5.32 Å². The number of aldehydes is 1. The van der Waals surface area contributed by atoms with Gasteiger partial charge in [-0.05, 0) is 55.3 Å². The minimum absolute atomic E-state index is 0.0424. The molecule has 0 saturated carbocycles. The van der Waals surface area contributed by atoms with E-state index in [-0.39, 0.29) is 12.2 Å². The first kappa shape index (κ1) is 21.4. The smallest absolute Gasteiger partial charge is 0.160 e. The fraction of sp³-hybridized carbons (Fsp3) is 0.174. The number of carbonyl (C=O) groups is 1.